The molecule has 0 amide bonds. The van der Waals surface area contributed by atoms with Gasteiger partial charge in [-0.3, -0.25) is 0 Å². The molecule has 0 spiro atoms. The molecule has 0 aliphatic heterocycles. The van der Waals surface area contributed by atoms with Crippen molar-refractivity contribution in [2.75, 3.05) is 0 Å². The zero-order chi connectivity index (χ0) is 52.6. The summed E-state index contributed by atoms with van der Waals surface area (Å²) in [6, 6.07) is 18.9. The van der Waals surface area contributed by atoms with E-state index in [4.69, 9.17) is 0 Å². The zero-order valence-corrected chi connectivity index (χ0v) is 45.4. The van der Waals surface area contributed by atoms with Crippen LogP contribution in [-0.4, -0.2) is 21.9 Å². The molecule has 5 unspecified atom stereocenters. The van der Waals surface area contributed by atoms with Crippen LogP contribution in [0.15, 0.2) is 283 Å². The number of allylic oxidation sites excluding steroid dienone is 32. The first-order valence-corrected chi connectivity index (χ1v) is 29.1. The van der Waals surface area contributed by atoms with E-state index in [1.54, 1.807) is 0 Å². The van der Waals surface area contributed by atoms with E-state index in [2.05, 4.69) is 254 Å². The maximum Gasteiger partial charge on any atom is 0.0557 e. The Balaban J connectivity index is 0.796. The standard InChI is InChI=1S/C76H74N2/c1-3-20-66(4-2)77(70-49-43-61(44-50-70)74-54-65-29-18-26-62-37-38-63-27-19-34-72(74)76(63)75(62)65)68-32-12-7-5-10-24-58(39-45-68)59-25-11-6-8-13-33-69(46-40-59)78(67-30-14-9-15-31-67)71-47-41-60(42-48-71)73-53-57-23-16-21-55(51-57)35-36-56-22-17-28-64(73)52-56/h3-8,10-14,16-19,22-25,27-34,37-38,41-43,47,49-55,61-62,66,71H,1-2,9,15,20-21,26,35-36,39-40,44-46,48H2. The van der Waals surface area contributed by atoms with E-state index in [1.807, 2.05) is 6.08 Å². The Morgan fingerprint density at radius 3 is 2.17 bits per heavy atom. The van der Waals surface area contributed by atoms with Crippen LogP contribution in [0.4, 0.5) is 0 Å². The van der Waals surface area contributed by atoms with Crippen molar-refractivity contribution in [3.63, 3.8) is 0 Å². The lowest BCUT2D eigenvalue weighted by Crippen LogP contribution is -2.33. The van der Waals surface area contributed by atoms with Gasteiger partial charge in [0.25, 0.3) is 0 Å². The molecule has 9 aliphatic rings. The monoisotopic (exact) mass is 1010 g/mol. The van der Waals surface area contributed by atoms with E-state index in [9.17, 15) is 0 Å². The van der Waals surface area contributed by atoms with Gasteiger partial charge in [-0.25, -0.2) is 0 Å². The first-order chi connectivity index (χ1) is 38.6. The molecule has 3 aromatic rings. The van der Waals surface area contributed by atoms with Crippen LogP contribution in [0.2, 0.25) is 0 Å². The molecule has 388 valence electrons. The Hall–Kier alpha value is -7.94. The van der Waals surface area contributed by atoms with Gasteiger partial charge in [-0.15, -0.1) is 13.2 Å². The molecule has 0 heterocycles. The molecule has 3 aromatic carbocycles. The number of nitrogens with zero attached hydrogens (tertiary/aromatic N) is 2. The average molecular weight is 1020 g/mol. The maximum absolute atomic E-state index is 4.41. The summed E-state index contributed by atoms with van der Waals surface area (Å²) in [4.78, 5) is 5.20. The van der Waals surface area contributed by atoms with Gasteiger partial charge in [0.1, 0.15) is 0 Å². The highest BCUT2D eigenvalue weighted by Crippen LogP contribution is 2.46. The predicted molar refractivity (Wildman–Crippen MR) is 334 cm³/mol. The van der Waals surface area contributed by atoms with E-state index in [-0.39, 0.29) is 18.0 Å². The third-order valence-electron chi connectivity index (χ3n) is 17.3. The molecular formula is C76H74N2. The largest absolute Gasteiger partial charge is 0.338 e. The summed E-state index contributed by atoms with van der Waals surface area (Å²) in [6.45, 7) is 8.64. The minimum absolute atomic E-state index is 0.0616. The van der Waals surface area contributed by atoms with E-state index < -0.39 is 0 Å². The zero-order valence-electron chi connectivity index (χ0n) is 45.4. The van der Waals surface area contributed by atoms with Crippen LogP contribution in [0.3, 0.4) is 0 Å². The lowest BCUT2D eigenvalue weighted by atomic mass is 9.75. The van der Waals surface area contributed by atoms with Crippen molar-refractivity contribution in [2.24, 2.45) is 5.92 Å². The fraction of sp³-hybridized carbons (Fsp3) is 0.237. The molecule has 2 heteroatoms. The summed E-state index contributed by atoms with van der Waals surface area (Å²) in [7, 11) is 0. The van der Waals surface area contributed by atoms with Crippen molar-refractivity contribution >= 4 is 28.5 Å². The second kappa shape index (κ2) is 23.7. The lowest BCUT2D eigenvalue weighted by Gasteiger charge is -2.37. The van der Waals surface area contributed by atoms with Crippen molar-refractivity contribution in [2.45, 2.75) is 107 Å². The molecule has 12 rings (SSSR count). The molecule has 4 bridgehead atoms. The minimum atomic E-state index is 0.0616. The summed E-state index contributed by atoms with van der Waals surface area (Å²) < 4.78 is 0. The van der Waals surface area contributed by atoms with Crippen molar-refractivity contribution in [1.29, 1.82) is 0 Å². The van der Waals surface area contributed by atoms with Gasteiger partial charge >= 0.3 is 0 Å². The van der Waals surface area contributed by atoms with Crippen molar-refractivity contribution in [1.82, 2.24) is 9.80 Å². The molecule has 0 radical (unpaired) electrons. The molecule has 0 aromatic heterocycles. The van der Waals surface area contributed by atoms with Gasteiger partial charge < -0.3 is 9.80 Å². The molecule has 9 aliphatic carbocycles. The third kappa shape index (κ3) is 11.0. The molecule has 5 atom stereocenters. The summed E-state index contributed by atoms with van der Waals surface area (Å²) in [5.74, 6) is 1.35. The summed E-state index contributed by atoms with van der Waals surface area (Å²) in [6.07, 6.45) is 85.2. The average Bonchev–Trinajstić information content (AvgIpc) is 3.57. The van der Waals surface area contributed by atoms with Crippen LogP contribution < -0.4 is 0 Å². The van der Waals surface area contributed by atoms with E-state index in [0.717, 1.165) is 77.0 Å². The number of rotatable bonds is 12. The second-order valence-corrected chi connectivity index (χ2v) is 22.3. The molecule has 0 N–H and O–H groups in total. The van der Waals surface area contributed by atoms with Crippen LogP contribution >= 0.6 is 0 Å². The molecule has 0 saturated heterocycles. The van der Waals surface area contributed by atoms with Crippen molar-refractivity contribution in [3.8, 4) is 0 Å². The van der Waals surface area contributed by atoms with Crippen LogP contribution in [0, 0.1) is 5.92 Å². The van der Waals surface area contributed by atoms with Gasteiger partial charge in [-0.1, -0.05) is 207 Å². The van der Waals surface area contributed by atoms with Gasteiger partial charge in [-0.2, -0.15) is 0 Å². The van der Waals surface area contributed by atoms with Crippen LogP contribution in [0.1, 0.15) is 122 Å². The first-order valence-electron chi connectivity index (χ1n) is 29.1. The van der Waals surface area contributed by atoms with Gasteiger partial charge in [-0.05, 0) is 192 Å². The Morgan fingerprint density at radius 2 is 1.40 bits per heavy atom. The molecule has 78 heavy (non-hydrogen) atoms. The Morgan fingerprint density at radius 1 is 0.603 bits per heavy atom. The molecule has 0 fully saturated rings. The van der Waals surface area contributed by atoms with Gasteiger partial charge in [0.15, 0.2) is 0 Å². The Labute approximate surface area is 465 Å². The maximum atomic E-state index is 4.41. The number of fused-ring (bicyclic) bond motifs is 3. The Bertz CT molecular complexity index is 3500. The van der Waals surface area contributed by atoms with E-state index in [1.165, 1.54) is 101 Å². The number of hydrogen-bond acceptors (Lipinski definition) is 2. The van der Waals surface area contributed by atoms with Gasteiger partial charge in [0.05, 0.1) is 12.1 Å². The lowest BCUT2D eigenvalue weighted by molar-refractivity contribution is 0.355. The topological polar surface area (TPSA) is 6.48 Å². The van der Waals surface area contributed by atoms with E-state index >= 15 is 0 Å². The summed E-state index contributed by atoms with van der Waals surface area (Å²) in [5.41, 5.74) is 20.3. The fourth-order valence-electron chi connectivity index (χ4n) is 13.4. The molecule has 2 nitrogen and oxygen atoms in total. The van der Waals surface area contributed by atoms with Gasteiger partial charge in [0, 0.05) is 34.6 Å². The van der Waals surface area contributed by atoms with E-state index in [0.29, 0.717) is 11.8 Å². The summed E-state index contributed by atoms with van der Waals surface area (Å²) in [5, 5.41) is 2.85. The van der Waals surface area contributed by atoms with Crippen molar-refractivity contribution < 1.29 is 0 Å². The minimum Gasteiger partial charge on any atom is -0.338 e. The highest BCUT2D eigenvalue weighted by Gasteiger charge is 2.29. The normalized spacial score (nSPS) is 23.6. The second-order valence-electron chi connectivity index (χ2n) is 22.3. The fourth-order valence-corrected chi connectivity index (χ4v) is 13.4. The van der Waals surface area contributed by atoms with Gasteiger partial charge in [0.2, 0.25) is 0 Å². The van der Waals surface area contributed by atoms with Crippen molar-refractivity contribution in [3.05, 3.63) is 316 Å². The molecular weight excluding hydrogens is 941 g/mol. The smallest absolute Gasteiger partial charge is 0.0557 e. The van der Waals surface area contributed by atoms with Crippen LogP contribution in [0.25, 0.3) is 28.5 Å². The number of aryl methyl sites for hydroxylation is 1. The highest BCUT2D eigenvalue weighted by molar-refractivity contribution is 6.00. The molecule has 0 saturated carbocycles. The van der Waals surface area contributed by atoms with Crippen LogP contribution in [-0.2, 0) is 6.42 Å². The SMILES string of the molecule is C=CCC(C=C)N(C1=CCC(c2cc3c4c5c(cccc25)C=CC4CC=C3)C=C1)C1=CC=CC=CC=C(C2=CC=CC=CC=C(N(C3=CCCC=C3)C3C=CC(C4=CC5=CC(CC=C5)CCc5cccc4c5)=CC3)CC2)CC1. The first kappa shape index (κ1) is 50.9. The number of benzene rings is 3. The Kier molecular flexibility index (Phi) is 15.5. The third-order valence-corrected chi connectivity index (χ3v) is 17.3. The summed E-state index contributed by atoms with van der Waals surface area (Å²) >= 11 is 0. The number of hydrogen-bond donors (Lipinski definition) is 0. The quantitative estimate of drug-likeness (QED) is 0.167. The predicted octanol–water partition coefficient (Wildman–Crippen LogP) is 19.5. The van der Waals surface area contributed by atoms with Crippen LogP contribution in [0.5, 0.6) is 0 Å². The highest BCUT2D eigenvalue weighted by atomic mass is 15.2.